The standard InChI is InChI=1S/C18H21NO/c1-18(2)17(13-8-6-9-15(11-13)20-3)16-10-5-4-7-14(16)12-19-18/h4-11,17,19H,12H2,1-3H3/t17-/m0/s1. The Balaban J connectivity index is 2.13. The van der Waals surface area contributed by atoms with E-state index in [1.807, 2.05) is 6.07 Å². The van der Waals surface area contributed by atoms with Gasteiger partial charge in [0.1, 0.15) is 5.75 Å². The molecular weight excluding hydrogens is 246 g/mol. The zero-order valence-electron chi connectivity index (χ0n) is 12.3. The van der Waals surface area contributed by atoms with Crippen LogP contribution in [0.2, 0.25) is 0 Å². The predicted octanol–water partition coefficient (Wildman–Crippen LogP) is 3.71. The van der Waals surface area contributed by atoms with E-state index in [0.717, 1.165) is 12.3 Å². The highest BCUT2D eigenvalue weighted by Crippen LogP contribution is 2.40. The highest BCUT2D eigenvalue weighted by atomic mass is 16.5. The summed E-state index contributed by atoms with van der Waals surface area (Å²) in [5.41, 5.74) is 4.14. The fourth-order valence-corrected chi connectivity index (χ4v) is 3.21. The number of ether oxygens (including phenoxy) is 1. The molecule has 2 heteroatoms. The second kappa shape index (κ2) is 4.95. The van der Waals surface area contributed by atoms with Gasteiger partial charge in [0.25, 0.3) is 0 Å². The molecule has 1 heterocycles. The van der Waals surface area contributed by atoms with Crippen molar-refractivity contribution in [3.05, 3.63) is 65.2 Å². The van der Waals surface area contributed by atoms with E-state index in [2.05, 4.69) is 61.6 Å². The van der Waals surface area contributed by atoms with Gasteiger partial charge in [0.05, 0.1) is 7.11 Å². The summed E-state index contributed by atoms with van der Waals surface area (Å²) < 4.78 is 5.38. The predicted molar refractivity (Wildman–Crippen MR) is 82.2 cm³/mol. The van der Waals surface area contributed by atoms with Crippen LogP contribution in [-0.4, -0.2) is 12.6 Å². The van der Waals surface area contributed by atoms with E-state index in [0.29, 0.717) is 5.92 Å². The Morgan fingerprint density at radius 2 is 1.90 bits per heavy atom. The summed E-state index contributed by atoms with van der Waals surface area (Å²) in [5, 5.41) is 3.66. The first-order chi connectivity index (χ1) is 9.62. The number of hydrogen-bond acceptors (Lipinski definition) is 2. The summed E-state index contributed by atoms with van der Waals surface area (Å²) in [6.45, 7) is 5.48. The van der Waals surface area contributed by atoms with Gasteiger partial charge in [-0.15, -0.1) is 0 Å². The molecule has 104 valence electrons. The number of rotatable bonds is 2. The molecule has 1 N–H and O–H groups in total. The Morgan fingerprint density at radius 3 is 2.70 bits per heavy atom. The maximum absolute atomic E-state index is 5.38. The quantitative estimate of drug-likeness (QED) is 0.895. The Morgan fingerprint density at radius 1 is 1.10 bits per heavy atom. The number of hydrogen-bond donors (Lipinski definition) is 1. The second-order valence-electron chi connectivity index (χ2n) is 5.98. The van der Waals surface area contributed by atoms with Gasteiger partial charge < -0.3 is 10.1 Å². The fraction of sp³-hybridized carbons (Fsp3) is 0.333. The van der Waals surface area contributed by atoms with Crippen LogP contribution in [0.15, 0.2) is 48.5 Å². The summed E-state index contributed by atoms with van der Waals surface area (Å²) in [4.78, 5) is 0. The summed E-state index contributed by atoms with van der Waals surface area (Å²) in [6.07, 6.45) is 0. The molecule has 0 fully saturated rings. The lowest BCUT2D eigenvalue weighted by Crippen LogP contribution is -2.48. The zero-order valence-corrected chi connectivity index (χ0v) is 12.3. The van der Waals surface area contributed by atoms with Gasteiger partial charge in [0.15, 0.2) is 0 Å². The molecule has 2 nitrogen and oxygen atoms in total. The lowest BCUT2D eigenvalue weighted by Gasteiger charge is -2.41. The van der Waals surface area contributed by atoms with Crippen molar-refractivity contribution in [2.24, 2.45) is 0 Å². The average molecular weight is 267 g/mol. The van der Waals surface area contributed by atoms with Crippen molar-refractivity contribution < 1.29 is 4.74 Å². The molecule has 0 radical (unpaired) electrons. The third-order valence-electron chi connectivity index (χ3n) is 4.25. The van der Waals surface area contributed by atoms with E-state index in [4.69, 9.17) is 4.74 Å². The minimum absolute atomic E-state index is 0.0285. The molecule has 20 heavy (non-hydrogen) atoms. The lowest BCUT2D eigenvalue weighted by molar-refractivity contribution is 0.322. The monoisotopic (exact) mass is 267 g/mol. The highest BCUT2D eigenvalue weighted by Gasteiger charge is 2.36. The van der Waals surface area contributed by atoms with Gasteiger partial charge >= 0.3 is 0 Å². The average Bonchev–Trinajstić information content (AvgIpc) is 2.46. The van der Waals surface area contributed by atoms with Crippen LogP contribution in [0, 0.1) is 0 Å². The number of fused-ring (bicyclic) bond motifs is 1. The van der Waals surface area contributed by atoms with Gasteiger partial charge in [-0.05, 0) is 42.7 Å². The van der Waals surface area contributed by atoms with Gasteiger partial charge in [-0.25, -0.2) is 0 Å². The van der Waals surface area contributed by atoms with Gasteiger partial charge in [0.2, 0.25) is 0 Å². The molecule has 0 spiro atoms. The van der Waals surface area contributed by atoms with Gasteiger partial charge in [-0.1, -0.05) is 36.4 Å². The van der Waals surface area contributed by atoms with Crippen LogP contribution in [0.3, 0.4) is 0 Å². The van der Waals surface area contributed by atoms with Crippen LogP contribution in [0.25, 0.3) is 0 Å². The normalized spacial score (nSPS) is 20.2. The third kappa shape index (κ3) is 2.20. The highest BCUT2D eigenvalue weighted by molar-refractivity contribution is 5.45. The van der Waals surface area contributed by atoms with Crippen molar-refractivity contribution in [2.45, 2.75) is 31.8 Å². The van der Waals surface area contributed by atoms with E-state index in [1.165, 1.54) is 16.7 Å². The van der Waals surface area contributed by atoms with Crippen molar-refractivity contribution in [2.75, 3.05) is 7.11 Å². The molecule has 2 aromatic carbocycles. The van der Waals surface area contributed by atoms with Crippen LogP contribution < -0.4 is 10.1 Å². The van der Waals surface area contributed by atoms with Gasteiger partial charge in [-0.2, -0.15) is 0 Å². The first-order valence-electron chi connectivity index (χ1n) is 7.08. The maximum atomic E-state index is 5.38. The van der Waals surface area contributed by atoms with E-state index in [9.17, 15) is 0 Å². The summed E-state index contributed by atoms with van der Waals surface area (Å²) in [6, 6.07) is 17.1. The van der Waals surface area contributed by atoms with Crippen LogP contribution in [-0.2, 0) is 6.54 Å². The van der Waals surface area contributed by atoms with Crippen molar-refractivity contribution in [1.82, 2.24) is 5.32 Å². The first kappa shape index (κ1) is 13.2. The minimum Gasteiger partial charge on any atom is -0.497 e. The molecule has 0 unspecified atom stereocenters. The van der Waals surface area contributed by atoms with Crippen molar-refractivity contribution in [1.29, 1.82) is 0 Å². The Kier molecular flexibility index (Phi) is 3.27. The van der Waals surface area contributed by atoms with Crippen LogP contribution in [0.4, 0.5) is 0 Å². The topological polar surface area (TPSA) is 21.3 Å². The molecule has 0 aromatic heterocycles. The Hall–Kier alpha value is -1.80. The minimum atomic E-state index is 0.0285. The summed E-state index contributed by atoms with van der Waals surface area (Å²) >= 11 is 0. The van der Waals surface area contributed by atoms with Crippen molar-refractivity contribution in [3.8, 4) is 5.75 Å². The lowest BCUT2D eigenvalue weighted by atomic mass is 9.73. The molecule has 2 aromatic rings. The summed E-state index contributed by atoms with van der Waals surface area (Å²) in [5.74, 6) is 1.25. The van der Waals surface area contributed by atoms with Crippen LogP contribution in [0.1, 0.15) is 36.5 Å². The van der Waals surface area contributed by atoms with Gasteiger partial charge in [-0.3, -0.25) is 0 Å². The van der Waals surface area contributed by atoms with Gasteiger partial charge in [0, 0.05) is 18.0 Å². The smallest absolute Gasteiger partial charge is 0.119 e. The third-order valence-corrected chi connectivity index (χ3v) is 4.25. The van der Waals surface area contributed by atoms with E-state index >= 15 is 0 Å². The second-order valence-corrected chi connectivity index (χ2v) is 5.98. The molecule has 3 rings (SSSR count). The van der Waals surface area contributed by atoms with E-state index in [1.54, 1.807) is 7.11 Å². The molecule has 1 aliphatic rings. The molecule has 0 aliphatic carbocycles. The zero-order chi connectivity index (χ0) is 14.2. The maximum Gasteiger partial charge on any atom is 0.119 e. The number of methoxy groups -OCH3 is 1. The summed E-state index contributed by atoms with van der Waals surface area (Å²) in [7, 11) is 1.72. The van der Waals surface area contributed by atoms with E-state index in [-0.39, 0.29) is 5.54 Å². The number of benzene rings is 2. The molecular formula is C18H21NO. The largest absolute Gasteiger partial charge is 0.497 e. The van der Waals surface area contributed by atoms with Crippen LogP contribution in [0.5, 0.6) is 5.75 Å². The SMILES string of the molecule is COc1cccc([C@H]2c3ccccc3CNC2(C)C)c1. The molecule has 0 saturated heterocycles. The molecule has 0 amide bonds. The van der Waals surface area contributed by atoms with Crippen molar-refractivity contribution >= 4 is 0 Å². The Bertz CT molecular complexity index is 618. The van der Waals surface area contributed by atoms with E-state index < -0.39 is 0 Å². The molecule has 1 atom stereocenters. The molecule has 0 bridgehead atoms. The van der Waals surface area contributed by atoms with Crippen molar-refractivity contribution in [3.63, 3.8) is 0 Å². The fourth-order valence-electron chi connectivity index (χ4n) is 3.21. The number of nitrogens with one attached hydrogen (secondary N) is 1. The first-order valence-corrected chi connectivity index (χ1v) is 7.08. The van der Waals surface area contributed by atoms with Crippen LogP contribution >= 0.6 is 0 Å². The molecule has 1 aliphatic heterocycles. The Labute approximate surface area is 120 Å². The molecule has 0 saturated carbocycles.